The van der Waals surface area contributed by atoms with E-state index in [0.29, 0.717) is 17.6 Å². The molecular formula is C77H113N20O40P5S3. The molecule has 7 aliphatic heterocycles. The van der Waals surface area contributed by atoms with Gasteiger partial charge >= 0.3 is 53.1 Å². The van der Waals surface area contributed by atoms with Gasteiger partial charge in [0.25, 0.3) is 16.7 Å². The van der Waals surface area contributed by atoms with Crippen molar-refractivity contribution in [2.24, 2.45) is 10.7 Å². The second kappa shape index (κ2) is 48.7. The Morgan fingerprint density at radius 2 is 0.862 bits per heavy atom. The number of methoxy groups -OCH3 is 5. The van der Waals surface area contributed by atoms with Crippen molar-refractivity contribution in [3.8, 4) is 0 Å². The number of fused-ring (bicyclic) bond motifs is 2. The summed E-state index contributed by atoms with van der Waals surface area (Å²) in [6.07, 6.45) is -28.2. The van der Waals surface area contributed by atoms with Crippen LogP contribution < -0.4 is 56.7 Å². The molecule has 6 fully saturated rings. The van der Waals surface area contributed by atoms with Crippen LogP contribution in [-0.4, -0.2) is 338 Å². The molecule has 7 aromatic heterocycles. The molecule has 14 rings (SSSR count). The highest BCUT2D eigenvalue weighted by molar-refractivity contribution is 8.45. The van der Waals surface area contributed by atoms with E-state index in [0.717, 1.165) is 37.0 Å². The molecular weight excluding hydrogens is 2100 g/mol. The third-order valence-corrected chi connectivity index (χ3v) is 30.4. The smallest absolute Gasteiger partial charge is 0.387 e. The van der Waals surface area contributed by atoms with Gasteiger partial charge in [-0.05, 0) is 34.1 Å². The average Bonchev–Trinajstić information content (AvgIpc) is 1.61. The number of amidine groups is 1. The van der Waals surface area contributed by atoms with Crippen LogP contribution in [-0.2, 0) is 144 Å². The number of nitrogens with one attached hydrogen (secondary N) is 3. The van der Waals surface area contributed by atoms with Crippen molar-refractivity contribution in [3.05, 3.63) is 141 Å². The largest absolute Gasteiger partial charge is 0.472 e. The van der Waals surface area contributed by atoms with Crippen LogP contribution in [0.15, 0.2) is 95.5 Å². The van der Waals surface area contributed by atoms with Gasteiger partial charge in [0.1, 0.15) is 127 Å². The maximum atomic E-state index is 15.6. The minimum absolute atomic E-state index is 0.0258. The van der Waals surface area contributed by atoms with Gasteiger partial charge in [-0.2, -0.15) is 9.97 Å². The van der Waals surface area contributed by atoms with Gasteiger partial charge in [-0.1, -0.05) is 50.2 Å². The molecule has 0 radical (unpaired) electrons. The summed E-state index contributed by atoms with van der Waals surface area (Å²) >= 11 is 13.1. The molecule has 6 saturated heterocycles. The fraction of sp³-hybridized carbons (Fsp3) is 0.649. The van der Waals surface area contributed by atoms with Gasteiger partial charge in [0.05, 0.1) is 124 Å². The summed E-state index contributed by atoms with van der Waals surface area (Å²) in [6.45, 7) is -10.7. The van der Waals surface area contributed by atoms with E-state index in [4.69, 9.17) is 144 Å². The van der Waals surface area contributed by atoms with Crippen molar-refractivity contribution in [2.45, 2.75) is 189 Å². The fourth-order valence-corrected chi connectivity index (χ4v) is 23.0. The molecule has 145 heavy (non-hydrogen) atoms. The number of hydrogen-bond donors (Lipinski definition) is 13. The Kier molecular flexibility index (Phi) is 38.0. The first-order valence-corrected chi connectivity index (χ1v) is 55.5. The van der Waals surface area contributed by atoms with Crippen LogP contribution in [0.25, 0.3) is 22.3 Å². The molecule has 0 saturated carbocycles. The number of aliphatic imine (C=N–C) groups is 1. The molecule has 7 aromatic rings. The SMILES string of the molecule is C=C1N=C(N)C(C)=CN1[C@@H]1O[C@H](COP(=O)(S)OC2[C@@H](COP(=O)(S)OC3[C@@H](COP(=O)(O)OC4[C@@H](COP(=O)(O)OC5[C@@H](COP(=O)(S)OC6C[C@H](n7cnc8c(N)ncnc87)O[C@@H]6CC)O[C@@H](n6cc(C)c(N)nc6=O)[C@H]5OCCOC)O[C@@H](n5cc(C)c(=O)[nH]c5=O)[C@H]4OCCOC)O[C@@H](n4cnc5c(=O)[nH]c(N)nc54)[C@H]3OCCOC)O[C@@H](n3cc(C)c(=O)[nH]c3=O)[C@H]2OCCOC)C(O)[C@@H]1OCCOC. The molecule has 0 bridgehead atoms. The molecule has 60 nitrogen and oxygen atoms in total. The van der Waals surface area contributed by atoms with E-state index in [-0.39, 0.29) is 123 Å². The van der Waals surface area contributed by atoms with Crippen LogP contribution >= 0.6 is 72.8 Å². The average molecular weight is 2210 g/mol. The lowest BCUT2D eigenvalue weighted by molar-refractivity contribution is -0.0933. The van der Waals surface area contributed by atoms with Crippen molar-refractivity contribution in [1.82, 2.24) is 72.6 Å². The summed E-state index contributed by atoms with van der Waals surface area (Å²) in [4.78, 5) is 144. The maximum absolute atomic E-state index is 15.6. The number of thiol groups is 3. The minimum atomic E-state index is -5.98. The first kappa shape index (κ1) is 113. The Morgan fingerprint density at radius 1 is 0.448 bits per heavy atom. The van der Waals surface area contributed by atoms with E-state index in [9.17, 15) is 48.2 Å². The van der Waals surface area contributed by atoms with Crippen LogP contribution in [0.3, 0.4) is 0 Å². The Hall–Kier alpha value is -7.67. The maximum Gasteiger partial charge on any atom is 0.472 e. The third kappa shape index (κ3) is 26.9. The number of phosphoric ester groups is 2. The number of hydrogen-bond acceptors (Lipinski definition) is 50. The quantitative estimate of drug-likeness (QED) is 0.0143. The number of aliphatic hydroxyl groups is 1. The molecule has 0 aromatic carbocycles. The number of phosphoric acid groups is 2. The monoisotopic (exact) mass is 2210 g/mol. The highest BCUT2D eigenvalue weighted by Crippen LogP contribution is 2.62. The molecule has 7 aliphatic rings. The van der Waals surface area contributed by atoms with E-state index in [1.807, 2.05) is 0 Å². The zero-order chi connectivity index (χ0) is 105. The predicted octanol–water partition coefficient (Wildman–Crippen LogP) is 0.891. The topological polar surface area (TPSA) is 757 Å². The zero-order valence-electron chi connectivity index (χ0n) is 79.2. The van der Waals surface area contributed by atoms with Crippen LogP contribution in [0.4, 0.5) is 17.6 Å². The Bertz CT molecular complexity index is 6440. The van der Waals surface area contributed by atoms with Gasteiger partial charge in [0.2, 0.25) is 5.95 Å². The van der Waals surface area contributed by atoms with Gasteiger partial charge in [-0.25, -0.2) is 62.1 Å². The number of anilines is 3. The molecule has 0 spiro atoms. The normalized spacial score (nSPS) is 29.8. The summed E-state index contributed by atoms with van der Waals surface area (Å²) in [5.74, 6) is -0.282. The molecule has 14 heterocycles. The van der Waals surface area contributed by atoms with E-state index >= 15 is 18.3 Å². The van der Waals surface area contributed by atoms with Crippen LogP contribution in [0.5, 0.6) is 0 Å². The lowest BCUT2D eigenvalue weighted by Crippen LogP contribution is -2.44. The van der Waals surface area contributed by atoms with Gasteiger partial charge < -0.3 is 119 Å². The number of ether oxygens (including phenoxy) is 16. The lowest BCUT2D eigenvalue weighted by Gasteiger charge is -2.33. The predicted molar refractivity (Wildman–Crippen MR) is 509 cm³/mol. The van der Waals surface area contributed by atoms with Crippen LogP contribution in [0.2, 0.25) is 0 Å². The highest BCUT2D eigenvalue weighted by Gasteiger charge is 2.59. The van der Waals surface area contributed by atoms with E-state index in [1.54, 1.807) is 24.6 Å². The number of aromatic nitrogens is 14. The molecule has 28 atom stereocenters. The van der Waals surface area contributed by atoms with Gasteiger partial charge in [0, 0.05) is 89.0 Å². The lowest BCUT2D eigenvalue weighted by atomic mass is 10.1. The molecule has 804 valence electrons. The Labute approximate surface area is 837 Å². The van der Waals surface area contributed by atoms with Crippen LogP contribution in [0, 0.1) is 20.8 Å². The molecule has 14 N–H and O–H groups in total. The second-order valence-corrected chi connectivity index (χ2v) is 44.9. The number of nitrogens with two attached hydrogens (primary N) is 4. The number of rotatable bonds is 52. The van der Waals surface area contributed by atoms with Gasteiger partial charge in [-0.3, -0.25) is 97.4 Å². The number of imidazole rings is 2. The second-order valence-electron chi connectivity index (χ2n) is 33.4. The van der Waals surface area contributed by atoms with Gasteiger partial charge in [-0.15, -0.1) is 0 Å². The number of nitrogen functional groups attached to an aromatic ring is 3. The van der Waals surface area contributed by atoms with E-state index in [2.05, 4.69) is 93.2 Å². The fourth-order valence-electron chi connectivity index (χ4n) is 16.6. The minimum Gasteiger partial charge on any atom is -0.387 e. The summed E-state index contributed by atoms with van der Waals surface area (Å²) in [6, 6.07) is 0. The van der Waals surface area contributed by atoms with Crippen LogP contribution in [0.1, 0.15) is 74.5 Å². The van der Waals surface area contributed by atoms with Gasteiger partial charge in [0.15, 0.2) is 53.8 Å². The zero-order valence-corrected chi connectivity index (χ0v) is 86.4. The summed E-state index contributed by atoms with van der Waals surface area (Å²) in [5, 5.41) is 11.9. The third-order valence-electron chi connectivity index (χ3n) is 23.6. The molecule has 68 heteroatoms. The number of aryl methyl sites for hydroxylation is 3. The molecule has 0 aliphatic carbocycles. The Morgan fingerprint density at radius 3 is 1.34 bits per heavy atom. The van der Waals surface area contributed by atoms with Crippen molar-refractivity contribution in [2.75, 3.05) is 152 Å². The van der Waals surface area contributed by atoms with E-state index < -0.39 is 257 Å². The van der Waals surface area contributed by atoms with Crippen molar-refractivity contribution in [3.63, 3.8) is 0 Å². The summed E-state index contributed by atoms with van der Waals surface area (Å²) < 4.78 is 238. The van der Waals surface area contributed by atoms with E-state index in [1.165, 1.54) is 80.1 Å². The number of aromatic amines is 3. The molecule has 0 amide bonds. The summed E-state index contributed by atoms with van der Waals surface area (Å²) in [5.41, 5.74) is 19.1. The Balaban J connectivity index is 0.757. The van der Waals surface area contributed by atoms with Crippen molar-refractivity contribution in [1.29, 1.82) is 0 Å². The first-order valence-electron chi connectivity index (χ1n) is 44.5. The summed E-state index contributed by atoms with van der Waals surface area (Å²) in [7, 11) is -5.17. The van der Waals surface area contributed by atoms with Crippen molar-refractivity contribution < 1.29 is 159 Å². The van der Waals surface area contributed by atoms with Crippen molar-refractivity contribution >= 4 is 119 Å². The first-order chi connectivity index (χ1) is 68.9. The molecule has 11 unspecified atom stereocenters. The standard InChI is InChI=1S/C77H113N20O40P5S3/c1-12-41-42(23-48(127-41)96-34-84-49-63(80)82-33-83-64(49)96)133-140(109,143)125-31-46-53(58(119-20-15-114-9)70(130-46)93-25-37(3)62(79)87-75(93)102)135-138(105,106)122-29-44-52(57(118-19-14-113-8)71(129-44)94-26-38(4)66(99)90-76(94)103)134-139(107,108)123-30-45-54(60(121-22-17-116-11)73(132-45)97-35-85-50-65(97)88-74(81)89-68(50)101)136-142(111,145)126-32-47-55(59(120-21-16-115-10)72(131-47)95-27-39(5)67(100)91-77(95)104)137-141(110,144)124-28-43-51(98)56(117-18-13-112-7)69(128-43)92-24-36(2)61(78)86-40(92)6/h24-27,33-35,41-48,51-60,69-73,98H,6,12-23,28-32H2,1-5,7-11H3,(H2,78,86)(H,105,106)(H,107,108)(H,109,143)(H,110,144)(H,111,145)(H2,79,87,102)(H2,80,82,83)(H,90,99,103)(H,91,100,104)(H3,81,88,89,101)/t41-,42?,43-,44-,45-,46-,47-,48-,51?,52?,53?,54?,55?,56+,57+,58+,59+,60+,69-,70-,71-,72-,73-,140?,141?,142?/m1/s1. The number of H-pyrrole nitrogens is 3. The number of aliphatic hydroxyl groups excluding tert-OH is 1. The number of nitrogens with zero attached hydrogens (tertiary/aromatic N) is 13. The highest BCUT2D eigenvalue weighted by atomic mass is 32.7.